The van der Waals surface area contributed by atoms with Gasteiger partial charge < -0.3 is 14.4 Å². The normalized spacial score (nSPS) is 15.3. The molecule has 0 unspecified atom stereocenters. The molecular weight excluding hydrogens is 408 g/mol. The molecule has 148 valence electrons. The van der Waals surface area contributed by atoms with Crippen molar-refractivity contribution in [1.82, 2.24) is 9.80 Å². The molecular formula is C18H23ClN2O4S2. The van der Waals surface area contributed by atoms with Crippen LogP contribution in [0.4, 0.5) is 0 Å². The molecule has 0 atom stereocenters. The molecule has 1 aliphatic heterocycles. The fraction of sp³-hybridized carbons (Fsp3) is 0.389. The molecule has 1 aliphatic rings. The van der Waals surface area contributed by atoms with E-state index in [-0.39, 0.29) is 37.2 Å². The molecule has 1 amide bonds. The van der Waals surface area contributed by atoms with Gasteiger partial charge in [-0.05, 0) is 37.9 Å². The minimum Gasteiger partial charge on any atom is -0.497 e. The number of thioether (sulfide) groups is 1. The van der Waals surface area contributed by atoms with Crippen molar-refractivity contribution in [2.24, 2.45) is 0 Å². The van der Waals surface area contributed by atoms with E-state index in [9.17, 15) is 9.59 Å². The summed E-state index contributed by atoms with van der Waals surface area (Å²) >= 11 is 6.51. The first-order chi connectivity index (χ1) is 12.4. The van der Waals surface area contributed by atoms with Crippen molar-refractivity contribution in [2.75, 3.05) is 40.9 Å². The number of thiocarbonyl (C=S) groups is 1. The first kappa shape index (κ1) is 23.4. The van der Waals surface area contributed by atoms with Crippen molar-refractivity contribution in [2.45, 2.75) is 6.42 Å². The second kappa shape index (κ2) is 11.3. The molecule has 2 rings (SSSR count). The third-order valence-corrected chi connectivity index (χ3v) is 4.98. The predicted octanol–water partition coefficient (Wildman–Crippen LogP) is 2.81. The molecule has 1 fully saturated rings. The van der Waals surface area contributed by atoms with E-state index in [0.29, 0.717) is 22.4 Å². The Morgan fingerprint density at radius 1 is 1.37 bits per heavy atom. The zero-order valence-corrected chi connectivity index (χ0v) is 17.9. The molecule has 1 saturated heterocycles. The number of nitrogens with zero attached hydrogens (tertiary/aromatic N) is 2. The molecule has 1 aromatic rings. The third kappa shape index (κ3) is 7.14. The van der Waals surface area contributed by atoms with Crippen LogP contribution in [-0.4, -0.2) is 66.9 Å². The largest absolute Gasteiger partial charge is 0.497 e. The summed E-state index contributed by atoms with van der Waals surface area (Å²) in [5.41, 5.74) is 0.855. The third-order valence-electron chi connectivity index (χ3n) is 3.61. The molecule has 6 nitrogen and oxygen atoms in total. The lowest BCUT2D eigenvalue weighted by Gasteiger charge is -2.14. The molecule has 0 bridgehead atoms. The van der Waals surface area contributed by atoms with Crippen molar-refractivity contribution in [3.8, 4) is 5.75 Å². The number of carbonyl (C=O) groups is 2. The van der Waals surface area contributed by atoms with Gasteiger partial charge >= 0.3 is 5.97 Å². The van der Waals surface area contributed by atoms with Gasteiger partial charge in [0.1, 0.15) is 16.7 Å². The highest BCUT2D eigenvalue weighted by atomic mass is 35.5. The average molecular weight is 431 g/mol. The number of hydrogen-bond donors (Lipinski definition) is 0. The van der Waals surface area contributed by atoms with Crippen molar-refractivity contribution >= 4 is 58.7 Å². The maximum Gasteiger partial charge on any atom is 0.307 e. The number of ether oxygens (including phenoxy) is 2. The van der Waals surface area contributed by atoms with Crippen LogP contribution in [0.5, 0.6) is 5.75 Å². The summed E-state index contributed by atoms with van der Waals surface area (Å²) in [6.45, 7) is 1.22. The van der Waals surface area contributed by atoms with Crippen LogP contribution in [0.3, 0.4) is 0 Å². The summed E-state index contributed by atoms with van der Waals surface area (Å²) in [5.74, 6) is 0.191. The standard InChI is InChI=1S/C18H22N2O4S2.ClH/c1-19(2)9-10-24-16(21)7-8-20-17(22)15(26-18(20)25)12-13-5-4-6-14(11-13)23-3;/h4-6,11-12H,7-10H2,1-3H3;1H/b15-12-;. The number of likely N-dealkylation sites (N-methyl/N-ethyl adjacent to an activating group) is 1. The lowest BCUT2D eigenvalue weighted by molar-refractivity contribution is -0.144. The Labute approximate surface area is 175 Å². The molecule has 1 aromatic carbocycles. The summed E-state index contributed by atoms with van der Waals surface area (Å²) in [6, 6.07) is 7.42. The van der Waals surface area contributed by atoms with Crippen LogP contribution in [0.2, 0.25) is 0 Å². The first-order valence-electron chi connectivity index (χ1n) is 8.10. The highest BCUT2D eigenvalue weighted by molar-refractivity contribution is 8.26. The number of hydrogen-bond acceptors (Lipinski definition) is 7. The maximum atomic E-state index is 12.5. The molecule has 0 N–H and O–H groups in total. The predicted molar refractivity (Wildman–Crippen MR) is 114 cm³/mol. The van der Waals surface area contributed by atoms with Crippen molar-refractivity contribution < 1.29 is 19.1 Å². The van der Waals surface area contributed by atoms with E-state index in [2.05, 4.69) is 0 Å². The van der Waals surface area contributed by atoms with Crippen LogP contribution < -0.4 is 4.74 Å². The van der Waals surface area contributed by atoms with E-state index in [0.717, 1.165) is 11.3 Å². The zero-order chi connectivity index (χ0) is 19.1. The molecule has 0 saturated carbocycles. The van der Waals surface area contributed by atoms with E-state index in [1.54, 1.807) is 13.2 Å². The van der Waals surface area contributed by atoms with E-state index in [1.165, 1.54) is 16.7 Å². The van der Waals surface area contributed by atoms with Gasteiger partial charge in [-0.25, -0.2) is 0 Å². The van der Waals surface area contributed by atoms with Gasteiger partial charge in [-0.2, -0.15) is 0 Å². The number of esters is 1. The zero-order valence-electron chi connectivity index (χ0n) is 15.5. The van der Waals surface area contributed by atoms with Gasteiger partial charge in [-0.3, -0.25) is 14.5 Å². The summed E-state index contributed by atoms with van der Waals surface area (Å²) in [4.78, 5) is 28.2. The Morgan fingerprint density at radius 3 is 2.78 bits per heavy atom. The first-order valence-corrected chi connectivity index (χ1v) is 9.33. The Hall–Kier alpha value is -1.61. The Balaban J connectivity index is 0.00000364. The van der Waals surface area contributed by atoms with Gasteiger partial charge in [0, 0.05) is 13.1 Å². The molecule has 0 radical (unpaired) electrons. The smallest absolute Gasteiger partial charge is 0.307 e. The number of carbonyl (C=O) groups excluding carboxylic acids is 2. The minimum atomic E-state index is -0.335. The Bertz CT molecular complexity index is 725. The quantitative estimate of drug-likeness (QED) is 0.357. The van der Waals surface area contributed by atoms with Crippen molar-refractivity contribution in [3.05, 3.63) is 34.7 Å². The van der Waals surface area contributed by atoms with E-state index in [1.807, 2.05) is 43.3 Å². The van der Waals surface area contributed by atoms with Gasteiger partial charge in [0.25, 0.3) is 5.91 Å². The number of halogens is 1. The molecule has 0 aromatic heterocycles. The fourth-order valence-electron chi connectivity index (χ4n) is 2.19. The molecule has 0 aliphatic carbocycles. The SMILES string of the molecule is COc1cccc(/C=C2\SC(=S)N(CCC(=O)OCCN(C)C)C2=O)c1.Cl. The fourth-order valence-corrected chi connectivity index (χ4v) is 3.50. The van der Waals surface area contributed by atoms with E-state index in [4.69, 9.17) is 21.7 Å². The van der Waals surface area contributed by atoms with E-state index < -0.39 is 0 Å². The second-order valence-corrected chi connectivity index (χ2v) is 7.56. The molecule has 0 spiro atoms. The van der Waals surface area contributed by atoms with Crippen LogP contribution in [-0.2, 0) is 14.3 Å². The number of rotatable bonds is 8. The lowest BCUT2D eigenvalue weighted by atomic mass is 10.2. The number of benzene rings is 1. The van der Waals surface area contributed by atoms with Crippen LogP contribution in [0.25, 0.3) is 6.08 Å². The van der Waals surface area contributed by atoms with Gasteiger partial charge in [0.15, 0.2) is 0 Å². The molecule has 27 heavy (non-hydrogen) atoms. The van der Waals surface area contributed by atoms with Crippen LogP contribution in [0.1, 0.15) is 12.0 Å². The van der Waals surface area contributed by atoms with Gasteiger partial charge in [0.05, 0.1) is 18.4 Å². The van der Waals surface area contributed by atoms with Crippen LogP contribution in [0.15, 0.2) is 29.2 Å². The highest BCUT2D eigenvalue weighted by Crippen LogP contribution is 2.33. The van der Waals surface area contributed by atoms with Crippen molar-refractivity contribution in [1.29, 1.82) is 0 Å². The van der Waals surface area contributed by atoms with Gasteiger partial charge in [-0.1, -0.05) is 36.1 Å². The van der Waals surface area contributed by atoms with Crippen molar-refractivity contribution in [3.63, 3.8) is 0 Å². The molecule has 9 heteroatoms. The Morgan fingerprint density at radius 2 is 2.11 bits per heavy atom. The second-order valence-electron chi connectivity index (χ2n) is 5.88. The Kier molecular flexibility index (Phi) is 9.79. The van der Waals surface area contributed by atoms with Gasteiger partial charge in [0.2, 0.25) is 0 Å². The molecule has 1 heterocycles. The van der Waals surface area contributed by atoms with Gasteiger partial charge in [-0.15, -0.1) is 12.4 Å². The lowest BCUT2D eigenvalue weighted by Crippen LogP contribution is -2.31. The van der Waals surface area contributed by atoms with Crippen LogP contribution in [0, 0.1) is 0 Å². The summed E-state index contributed by atoms with van der Waals surface area (Å²) < 4.78 is 10.8. The minimum absolute atomic E-state index is 0. The summed E-state index contributed by atoms with van der Waals surface area (Å²) in [5, 5.41) is 0. The highest BCUT2D eigenvalue weighted by Gasteiger charge is 2.32. The van der Waals surface area contributed by atoms with Crippen LogP contribution >= 0.6 is 36.4 Å². The average Bonchev–Trinajstić information content (AvgIpc) is 2.86. The maximum absolute atomic E-state index is 12.5. The topological polar surface area (TPSA) is 59.1 Å². The number of methoxy groups -OCH3 is 1. The number of amides is 1. The van der Waals surface area contributed by atoms with E-state index >= 15 is 0 Å². The monoisotopic (exact) mass is 430 g/mol. The summed E-state index contributed by atoms with van der Waals surface area (Å²) in [6.07, 6.45) is 1.89. The summed E-state index contributed by atoms with van der Waals surface area (Å²) in [7, 11) is 5.40.